The van der Waals surface area contributed by atoms with Crippen LogP contribution in [-0.4, -0.2) is 17.1 Å². The second kappa shape index (κ2) is 9.06. The van der Waals surface area contributed by atoms with Gasteiger partial charge in [0.2, 0.25) is 0 Å². The summed E-state index contributed by atoms with van der Waals surface area (Å²) in [5.74, 6) is 0.864. The number of carbonyl (C=O) groups is 1. The van der Waals surface area contributed by atoms with Crippen LogP contribution in [0.5, 0.6) is 5.75 Å². The highest BCUT2D eigenvalue weighted by Crippen LogP contribution is 2.19. The van der Waals surface area contributed by atoms with E-state index in [0.717, 1.165) is 17.5 Å². The normalized spacial score (nSPS) is 12.0. The maximum absolute atomic E-state index is 12.5. The number of carbonyl (C=O) groups excluding carboxylic acids is 1. The highest BCUT2D eigenvalue weighted by molar-refractivity contribution is 5.75. The Kier molecular flexibility index (Phi) is 6.79. The van der Waals surface area contributed by atoms with Gasteiger partial charge in [-0.1, -0.05) is 32.0 Å². The molecular formula is C20H25NO3. The van der Waals surface area contributed by atoms with Crippen LogP contribution < -0.4 is 4.74 Å². The number of aromatic nitrogens is 1. The fraction of sp³-hybridized carbons (Fsp3) is 0.400. The maximum Gasteiger partial charge on any atom is 0.347 e. The molecule has 4 nitrogen and oxygen atoms in total. The van der Waals surface area contributed by atoms with Gasteiger partial charge in [-0.3, -0.25) is 4.98 Å². The zero-order valence-electron chi connectivity index (χ0n) is 14.6. The van der Waals surface area contributed by atoms with Crippen LogP contribution in [0.2, 0.25) is 0 Å². The number of benzene rings is 1. The molecule has 0 bridgehead atoms. The summed E-state index contributed by atoms with van der Waals surface area (Å²) in [6.45, 7) is 6.47. The van der Waals surface area contributed by atoms with Crippen LogP contribution in [0, 0.1) is 12.8 Å². The highest BCUT2D eigenvalue weighted by Gasteiger charge is 2.22. The Bertz CT molecular complexity index is 640. The standard InChI is InChI=1S/C20H25NO3/c1-15(2)9-10-19(24-18-8-4-6-16(3)12-18)20(22)23-14-17-7-5-11-21-13-17/h4-8,11-13,15,19H,9-10,14H2,1-3H3. The third kappa shape index (κ3) is 6.03. The quantitative estimate of drug-likeness (QED) is 0.678. The lowest BCUT2D eigenvalue weighted by Crippen LogP contribution is -2.29. The van der Waals surface area contributed by atoms with E-state index in [-0.39, 0.29) is 12.6 Å². The lowest BCUT2D eigenvalue weighted by molar-refractivity contribution is -0.153. The van der Waals surface area contributed by atoms with Crippen molar-refractivity contribution in [3.8, 4) is 5.75 Å². The fourth-order valence-electron chi connectivity index (χ4n) is 2.29. The van der Waals surface area contributed by atoms with Crippen LogP contribution in [0.3, 0.4) is 0 Å². The molecule has 1 heterocycles. The number of ether oxygens (including phenoxy) is 2. The maximum atomic E-state index is 12.5. The summed E-state index contributed by atoms with van der Waals surface area (Å²) in [6, 6.07) is 11.4. The van der Waals surface area contributed by atoms with Gasteiger partial charge in [-0.05, 0) is 49.4 Å². The molecule has 0 amide bonds. The lowest BCUT2D eigenvalue weighted by Gasteiger charge is -2.19. The Morgan fingerprint density at radius 1 is 1.17 bits per heavy atom. The first-order valence-electron chi connectivity index (χ1n) is 8.33. The van der Waals surface area contributed by atoms with Crippen LogP contribution in [0.1, 0.15) is 37.8 Å². The fourth-order valence-corrected chi connectivity index (χ4v) is 2.29. The molecule has 0 radical (unpaired) electrons. The molecule has 0 saturated carbocycles. The number of aryl methyl sites for hydroxylation is 1. The summed E-state index contributed by atoms with van der Waals surface area (Å²) in [6.07, 6.45) is 4.33. The lowest BCUT2D eigenvalue weighted by atomic mass is 10.0. The number of pyridine rings is 1. The molecule has 4 heteroatoms. The Morgan fingerprint density at radius 2 is 2.00 bits per heavy atom. The van der Waals surface area contributed by atoms with Gasteiger partial charge in [-0.2, -0.15) is 0 Å². The topological polar surface area (TPSA) is 48.4 Å². The van der Waals surface area contributed by atoms with Crippen molar-refractivity contribution in [1.29, 1.82) is 0 Å². The summed E-state index contributed by atoms with van der Waals surface area (Å²) in [5.41, 5.74) is 1.96. The summed E-state index contributed by atoms with van der Waals surface area (Å²) in [4.78, 5) is 16.5. The third-order valence-electron chi connectivity index (χ3n) is 3.64. The van der Waals surface area contributed by atoms with Gasteiger partial charge in [0.25, 0.3) is 0 Å². The van der Waals surface area contributed by atoms with E-state index < -0.39 is 6.10 Å². The van der Waals surface area contributed by atoms with Crippen LogP contribution in [-0.2, 0) is 16.1 Å². The predicted molar refractivity (Wildman–Crippen MR) is 93.7 cm³/mol. The smallest absolute Gasteiger partial charge is 0.347 e. The second-order valence-electron chi connectivity index (χ2n) is 6.36. The molecule has 1 aromatic carbocycles. The third-order valence-corrected chi connectivity index (χ3v) is 3.64. The SMILES string of the molecule is Cc1cccc(OC(CCC(C)C)C(=O)OCc2cccnc2)c1. The molecule has 0 aliphatic carbocycles. The van der Waals surface area contributed by atoms with E-state index in [0.29, 0.717) is 18.1 Å². The van der Waals surface area contributed by atoms with E-state index in [9.17, 15) is 4.79 Å². The van der Waals surface area contributed by atoms with E-state index in [2.05, 4.69) is 18.8 Å². The monoisotopic (exact) mass is 327 g/mol. The van der Waals surface area contributed by atoms with E-state index >= 15 is 0 Å². The average molecular weight is 327 g/mol. The molecule has 0 saturated heterocycles. The molecule has 2 aromatic rings. The molecule has 1 aromatic heterocycles. The molecule has 0 aliphatic heterocycles. The van der Waals surface area contributed by atoms with Crippen molar-refractivity contribution in [2.75, 3.05) is 0 Å². The Morgan fingerprint density at radius 3 is 2.67 bits per heavy atom. The largest absolute Gasteiger partial charge is 0.479 e. The molecule has 1 unspecified atom stereocenters. The molecule has 0 N–H and O–H groups in total. The first kappa shape index (κ1) is 18.0. The van der Waals surface area contributed by atoms with Crippen molar-refractivity contribution >= 4 is 5.97 Å². The molecule has 1 atom stereocenters. The molecule has 2 rings (SSSR count). The molecular weight excluding hydrogens is 302 g/mol. The van der Waals surface area contributed by atoms with Crippen molar-refractivity contribution < 1.29 is 14.3 Å². The van der Waals surface area contributed by atoms with Gasteiger partial charge >= 0.3 is 5.97 Å². The Balaban J connectivity index is 1.99. The van der Waals surface area contributed by atoms with Crippen LogP contribution >= 0.6 is 0 Å². The van der Waals surface area contributed by atoms with Gasteiger partial charge < -0.3 is 9.47 Å². The van der Waals surface area contributed by atoms with Crippen LogP contribution in [0.4, 0.5) is 0 Å². The van der Waals surface area contributed by atoms with E-state index in [1.54, 1.807) is 12.4 Å². The number of rotatable bonds is 8. The predicted octanol–water partition coefficient (Wildman–Crippen LogP) is 4.32. The molecule has 0 spiro atoms. The van der Waals surface area contributed by atoms with Crippen molar-refractivity contribution in [3.05, 3.63) is 59.9 Å². The highest BCUT2D eigenvalue weighted by atomic mass is 16.6. The molecule has 0 fully saturated rings. The van der Waals surface area contributed by atoms with Gasteiger partial charge in [-0.25, -0.2) is 4.79 Å². The summed E-state index contributed by atoms with van der Waals surface area (Å²) < 4.78 is 11.3. The zero-order chi connectivity index (χ0) is 17.4. The van der Waals surface area contributed by atoms with E-state index in [1.807, 2.05) is 43.3 Å². The number of esters is 1. The minimum absolute atomic E-state index is 0.210. The van der Waals surface area contributed by atoms with Gasteiger partial charge in [-0.15, -0.1) is 0 Å². The minimum atomic E-state index is -0.592. The number of hydrogen-bond acceptors (Lipinski definition) is 4. The number of nitrogens with zero attached hydrogens (tertiary/aromatic N) is 1. The molecule has 0 aliphatic rings. The zero-order valence-corrected chi connectivity index (χ0v) is 14.6. The van der Waals surface area contributed by atoms with Crippen LogP contribution in [0.25, 0.3) is 0 Å². The molecule has 128 valence electrons. The first-order chi connectivity index (χ1) is 11.5. The van der Waals surface area contributed by atoms with Crippen molar-refractivity contribution in [1.82, 2.24) is 4.98 Å². The Hall–Kier alpha value is -2.36. The van der Waals surface area contributed by atoms with Crippen molar-refractivity contribution in [3.63, 3.8) is 0 Å². The number of hydrogen-bond donors (Lipinski definition) is 0. The van der Waals surface area contributed by atoms with E-state index in [4.69, 9.17) is 9.47 Å². The van der Waals surface area contributed by atoms with E-state index in [1.165, 1.54) is 0 Å². The summed E-state index contributed by atoms with van der Waals surface area (Å²) in [5, 5.41) is 0. The summed E-state index contributed by atoms with van der Waals surface area (Å²) in [7, 11) is 0. The van der Waals surface area contributed by atoms with Gasteiger partial charge in [0.05, 0.1) is 0 Å². The molecule has 24 heavy (non-hydrogen) atoms. The van der Waals surface area contributed by atoms with Gasteiger partial charge in [0.1, 0.15) is 12.4 Å². The van der Waals surface area contributed by atoms with Crippen molar-refractivity contribution in [2.24, 2.45) is 5.92 Å². The first-order valence-corrected chi connectivity index (χ1v) is 8.33. The Labute approximate surface area is 143 Å². The van der Waals surface area contributed by atoms with Gasteiger partial charge in [0, 0.05) is 18.0 Å². The minimum Gasteiger partial charge on any atom is -0.479 e. The second-order valence-corrected chi connectivity index (χ2v) is 6.36. The summed E-state index contributed by atoms with van der Waals surface area (Å²) >= 11 is 0. The van der Waals surface area contributed by atoms with Crippen molar-refractivity contribution in [2.45, 2.75) is 46.3 Å². The average Bonchev–Trinajstić information content (AvgIpc) is 2.57. The van der Waals surface area contributed by atoms with Gasteiger partial charge in [0.15, 0.2) is 6.10 Å². The van der Waals surface area contributed by atoms with Crippen LogP contribution in [0.15, 0.2) is 48.8 Å².